The van der Waals surface area contributed by atoms with Crippen LogP contribution in [0.4, 0.5) is 0 Å². The highest BCUT2D eigenvalue weighted by atomic mass is 32.1. The molecule has 1 saturated carbocycles. The Labute approximate surface area is 280 Å². The number of hydrogen-bond donors (Lipinski definition) is 3. The number of aryl methyl sites for hydroxylation is 1. The number of nitrogens with one attached hydrogen (secondary N) is 3. The number of aromatic nitrogens is 4. The fraction of sp³-hybridized carbons (Fsp3) is 0.559. The van der Waals surface area contributed by atoms with Crippen LogP contribution in [0.1, 0.15) is 98.7 Å². The van der Waals surface area contributed by atoms with E-state index in [-0.39, 0.29) is 54.9 Å². The highest BCUT2D eigenvalue weighted by molar-refractivity contribution is 7.09. The highest BCUT2D eigenvalue weighted by Gasteiger charge is 2.48. The maximum absolute atomic E-state index is 13.7. The van der Waals surface area contributed by atoms with Crippen LogP contribution < -0.4 is 16.0 Å². The van der Waals surface area contributed by atoms with Crippen LogP contribution in [0, 0.1) is 24.2 Å². The Kier molecular flexibility index (Phi) is 10.4. The van der Waals surface area contributed by atoms with Crippen molar-refractivity contribution in [3.8, 4) is 0 Å². The minimum Gasteiger partial charge on any atom is -0.350 e. The summed E-state index contributed by atoms with van der Waals surface area (Å²) in [6.07, 6.45) is 2.55. The first-order valence-corrected chi connectivity index (χ1v) is 17.3. The van der Waals surface area contributed by atoms with Gasteiger partial charge in [-0.3, -0.25) is 19.2 Å². The van der Waals surface area contributed by atoms with Gasteiger partial charge in [0, 0.05) is 23.4 Å². The van der Waals surface area contributed by atoms with Crippen molar-refractivity contribution in [3.05, 3.63) is 63.6 Å². The molecule has 3 heterocycles. The fourth-order valence-corrected chi connectivity index (χ4v) is 6.71. The van der Waals surface area contributed by atoms with Crippen LogP contribution in [0.15, 0.2) is 35.7 Å². The summed E-state index contributed by atoms with van der Waals surface area (Å²) in [5, 5.41) is 16.1. The topological polar surface area (TPSA) is 151 Å². The number of carbonyl (C=O) groups is 4. The molecule has 3 N–H and O–H groups in total. The lowest BCUT2D eigenvalue weighted by Gasteiger charge is -2.32. The summed E-state index contributed by atoms with van der Waals surface area (Å²) in [6.45, 7) is 11.7. The maximum Gasteiger partial charge on any atom is 0.271 e. The number of amides is 4. The molecule has 1 aromatic carbocycles. The molecule has 0 unspecified atom stereocenters. The molecule has 12 nitrogen and oxygen atoms in total. The molecule has 1 fully saturated rings. The van der Waals surface area contributed by atoms with Gasteiger partial charge in [0.2, 0.25) is 17.7 Å². The van der Waals surface area contributed by atoms with Crippen LogP contribution in [-0.4, -0.2) is 67.4 Å². The summed E-state index contributed by atoms with van der Waals surface area (Å²) in [7, 11) is 0. The first-order chi connectivity index (χ1) is 22.3. The largest absolute Gasteiger partial charge is 0.350 e. The third kappa shape index (κ3) is 8.62. The van der Waals surface area contributed by atoms with E-state index >= 15 is 0 Å². The number of thiazole rings is 1. The molecule has 0 saturated heterocycles. The number of nitrogens with zero attached hydrogens (tertiary/aromatic N) is 5. The molecule has 47 heavy (non-hydrogen) atoms. The zero-order valence-electron chi connectivity index (χ0n) is 28.1. The number of hydrogen-bond acceptors (Lipinski definition) is 8. The van der Waals surface area contributed by atoms with Crippen molar-refractivity contribution in [2.24, 2.45) is 17.3 Å². The fourth-order valence-electron chi connectivity index (χ4n) is 5.84. The second-order valence-corrected chi connectivity index (χ2v) is 14.8. The van der Waals surface area contributed by atoms with E-state index in [0.717, 1.165) is 18.4 Å². The average molecular weight is 663 g/mol. The van der Waals surface area contributed by atoms with E-state index in [9.17, 15) is 19.2 Å². The molecular weight excluding hydrogens is 616 g/mol. The Morgan fingerprint density at radius 3 is 2.34 bits per heavy atom. The molecule has 4 amide bonds. The summed E-state index contributed by atoms with van der Waals surface area (Å²) in [4.78, 5) is 65.5. The van der Waals surface area contributed by atoms with Crippen molar-refractivity contribution in [3.63, 3.8) is 0 Å². The van der Waals surface area contributed by atoms with Crippen LogP contribution in [-0.2, 0) is 27.3 Å². The SMILES string of the molecule is Cc1nc2n(n1)CC(=O)N[C@@H](C(C)C)CN(C(=O)C1(C)CC1)CC(=O)N[C@@H](CC(C)C)c1nc(cs1)C(=O)N[C@H]2Cc1ccccc1. The van der Waals surface area contributed by atoms with E-state index in [1.165, 1.54) is 16.0 Å². The standard InChI is InChI=1S/C34H46N8O4S/c1-20(2)14-25-32-39-27(19-47-32)31(45)38-24(15-23-10-8-7-9-11-23)30-35-22(5)40-42(30)18-29(44)37-26(21(3)4)16-41(17-28(43)36-25)33(46)34(6)12-13-34/h7-11,19-21,24-26H,12-18H2,1-6H3,(H,36,43)(H,37,44)(H,38,45)/t24-,25-,26+/m0/s1. The Hall–Kier alpha value is -4.13. The Morgan fingerprint density at radius 2 is 1.68 bits per heavy atom. The molecule has 5 rings (SSSR count). The lowest BCUT2D eigenvalue weighted by molar-refractivity contribution is -0.141. The zero-order chi connectivity index (χ0) is 33.9. The van der Waals surface area contributed by atoms with E-state index in [4.69, 9.17) is 0 Å². The van der Waals surface area contributed by atoms with Crippen LogP contribution in [0.3, 0.4) is 0 Å². The van der Waals surface area contributed by atoms with Gasteiger partial charge in [-0.1, -0.05) is 65.0 Å². The van der Waals surface area contributed by atoms with E-state index in [1.54, 1.807) is 17.2 Å². The predicted octanol–water partition coefficient (Wildman–Crippen LogP) is 3.74. The van der Waals surface area contributed by atoms with Crippen LogP contribution in [0.2, 0.25) is 0 Å². The molecule has 0 spiro atoms. The Morgan fingerprint density at radius 1 is 0.979 bits per heavy atom. The van der Waals surface area contributed by atoms with Crippen molar-refractivity contribution in [1.29, 1.82) is 0 Å². The summed E-state index contributed by atoms with van der Waals surface area (Å²) in [5.41, 5.74) is 0.703. The number of fused-ring (bicyclic) bond motifs is 3. The minimum absolute atomic E-state index is 0.0283. The third-order valence-electron chi connectivity index (χ3n) is 8.80. The molecule has 1 aliphatic carbocycles. The summed E-state index contributed by atoms with van der Waals surface area (Å²) in [6, 6.07) is 8.27. The van der Waals surface area contributed by atoms with Gasteiger partial charge in [0.05, 0.1) is 18.6 Å². The van der Waals surface area contributed by atoms with Gasteiger partial charge in [-0.15, -0.1) is 11.3 Å². The van der Waals surface area contributed by atoms with E-state index < -0.39 is 29.4 Å². The number of carbonyl (C=O) groups excluding carboxylic acids is 4. The molecule has 0 radical (unpaired) electrons. The van der Waals surface area contributed by atoms with Gasteiger partial charge in [-0.2, -0.15) is 5.10 Å². The highest BCUT2D eigenvalue weighted by Crippen LogP contribution is 2.46. The van der Waals surface area contributed by atoms with Crippen molar-refractivity contribution in [2.75, 3.05) is 13.1 Å². The molecule has 13 heteroatoms. The van der Waals surface area contributed by atoms with Crippen molar-refractivity contribution in [2.45, 2.75) is 91.9 Å². The van der Waals surface area contributed by atoms with Gasteiger partial charge in [-0.05, 0) is 50.0 Å². The summed E-state index contributed by atoms with van der Waals surface area (Å²) in [5.74, 6) is 0.0243. The van der Waals surface area contributed by atoms with Gasteiger partial charge in [0.15, 0.2) is 5.82 Å². The van der Waals surface area contributed by atoms with Crippen LogP contribution in [0.25, 0.3) is 0 Å². The first kappa shape index (κ1) is 34.2. The van der Waals surface area contributed by atoms with E-state index in [2.05, 4.69) is 44.9 Å². The summed E-state index contributed by atoms with van der Waals surface area (Å²) >= 11 is 1.32. The van der Waals surface area contributed by atoms with Gasteiger partial charge in [0.25, 0.3) is 5.91 Å². The number of benzene rings is 1. The molecule has 1 aliphatic heterocycles. The maximum atomic E-state index is 13.7. The van der Waals surface area contributed by atoms with Gasteiger partial charge in [0.1, 0.15) is 23.1 Å². The molecule has 252 valence electrons. The van der Waals surface area contributed by atoms with Crippen molar-refractivity contribution in [1.82, 2.24) is 40.6 Å². The zero-order valence-corrected chi connectivity index (χ0v) is 28.9. The Balaban J connectivity index is 1.54. The predicted molar refractivity (Wildman–Crippen MR) is 178 cm³/mol. The second-order valence-electron chi connectivity index (χ2n) is 13.9. The Bertz CT molecular complexity index is 1600. The van der Waals surface area contributed by atoms with Crippen molar-refractivity contribution < 1.29 is 19.2 Å². The smallest absolute Gasteiger partial charge is 0.271 e. The number of rotatable bonds is 6. The summed E-state index contributed by atoms with van der Waals surface area (Å²) < 4.78 is 1.53. The quantitative estimate of drug-likeness (QED) is 0.364. The molecule has 2 bridgehead atoms. The van der Waals surface area contributed by atoms with Crippen LogP contribution in [0.5, 0.6) is 0 Å². The average Bonchev–Trinajstić information content (AvgIpc) is 3.39. The van der Waals surface area contributed by atoms with E-state index in [0.29, 0.717) is 29.5 Å². The van der Waals surface area contributed by atoms with Gasteiger partial charge >= 0.3 is 0 Å². The normalized spacial score (nSPS) is 22.2. The minimum atomic E-state index is -0.609. The molecule has 3 aromatic rings. The van der Waals surface area contributed by atoms with Crippen molar-refractivity contribution >= 4 is 35.0 Å². The van der Waals surface area contributed by atoms with Crippen LogP contribution >= 0.6 is 11.3 Å². The van der Waals surface area contributed by atoms with Gasteiger partial charge < -0.3 is 20.9 Å². The third-order valence-corrected chi connectivity index (χ3v) is 9.76. The lowest BCUT2D eigenvalue weighted by atomic mass is 10.0. The monoisotopic (exact) mass is 662 g/mol. The first-order valence-electron chi connectivity index (χ1n) is 16.4. The molecule has 3 atom stereocenters. The molecule has 2 aliphatic rings. The van der Waals surface area contributed by atoms with E-state index in [1.807, 2.05) is 51.1 Å². The van der Waals surface area contributed by atoms with Gasteiger partial charge in [-0.25, -0.2) is 14.6 Å². The molecule has 2 aromatic heterocycles. The lowest BCUT2D eigenvalue weighted by Crippen LogP contribution is -2.53. The second kappa shape index (κ2) is 14.3. The molecular formula is C34H46N8O4S.